The van der Waals surface area contributed by atoms with Gasteiger partial charge in [-0.15, -0.1) is 0 Å². The molecule has 0 amide bonds. The lowest BCUT2D eigenvalue weighted by Gasteiger charge is -2.08. The predicted octanol–water partition coefficient (Wildman–Crippen LogP) is 17.9. The van der Waals surface area contributed by atoms with Gasteiger partial charge in [0.2, 0.25) is 0 Å². The van der Waals surface area contributed by atoms with Crippen molar-refractivity contribution in [2.45, 2.75) is 0 Å². The maximum atomic E-state index is 11.0. The normalized spacial score (nSPS) is 11.1. The number of aromatic carboxylic acids is 4. The number of rotatable bonds is 8. The highest BCUT2D eigenvalue weighted by molar-refractivity contribution is 6.12. The number of hydrogen-bond donors (Lipinski definition) is 4. The second-order valence-corrected chi connectivity index (χ2v) is 20.9. The molecule has 16 rings (SSSR count). The van der Waals surface area contributed by atoms with Crippen LogP contribution in [0.15, 0.2) is 291 Å². The molecule has 16 aromatic rings. The Morgan fingerprint density at radius 2 is 0.307 bits per heavy atom. The highest BCUT2D eigenvalue weighted by Crippen LogP contribution is 2.36. The third-order valence-electron chi connectivity index (χ3n) is 15.8. The van der Waals surface area contributed by atoms with Crippen LogP contribution in [0.3, 0.4) is 0 Å². The fourth-order valence-corrected chi connectivity index (χ4v) is 11.8. The Morgan fingerprint density at radius 1 is 0.182 bits per heavy atom. The van der Waals surface area contributed by atoms with Crippen molar-refractivity contribution in [2.24, 2.45) is 0 Å². The number of carbonyl (C=O) groups is 4. The molecular weight excluding hydrogens is 1100 g/mol. The van der Waals surface area contributed by atoms with E-state index in [0.717, 1.165) is 66.9 Å². The molecule has 4 aromatic heterocycles. The first-order chi connectivity index (χ1) is 43.0. The quantitative estimate of drug-likeness (QED) is 0.117. The lowest BCUT2D eigenvalue weighted by Crippen LogP contribution is -1.98. The topological polar surface area (TPSA) is 169 Å². The molecule has 12 aromatic carbocycles. The van der Waals surface area contributed by atoms with Crippen molar-refractivity contribution in [3.8, 4) is 22.7 Å². The lowest BCUT2D eigenvalue weighted by molar-refractivity contribution is 0.0686. The summed E-state index contributed by atoms with van der Waals surface area (Å²) in [5.74, 6) is -3.63. The molecule has 424 valence electrons. The number of carboxylic acid groups (broad SMARTS) is 4. The van der Waals surface area contributed by atoms with Crippen molar-refractivity contribution in [1.29, 1.82) is 0 Å². The summed E-state index contributed by atoms with van der Waals surface area (Å²) in [4.78, 5) is 44.1. The first-order valence-electron chi connectivity index (χ1n) is 28.3. The molecular formula is C76H52N4O8. The minimum Gasteiger partial charge on any atom is -0.478 e. The van der Waals surface area contributed by atoms with E-state index in [1.54, 1.807) is 48.5 Å². The SMILES string of the molecule is O=C(O)c1ccc(-n2c3ccccc3c3ccccc32)cc1.O=C(O)c1ccc(-n2c3ccccc3c3ccccc32)cc1.O=C(O)c1ccc(-n2c3ccccc3c3ccccc32)cc1.O=C(O)c1ccc(-n2c3ccccc3c3ccccc32)cc1. The van der Waals surface area contributed by atoms with E-state index in [2.05, 4.69) is 115 Å². The fraction of sp³-hybridized carbons (Fsp3) is 0. The summed E-state index contributed by atoms with van der Waals surface area (Å²) in [6.07, 6.45) is 0. The molecule has 0 aliphatic heterocycles. The standard InChI is InChI=1S/4C19H13NO2/c4*21-19(22)13-9-11-14(12-10-13)20-17-7-3-1-5-15(17)16-6-2-4-8-18(16)20/h4*1-12H,(H,21,22). The number of nitrogens with zero attached hydrogens (tertiary/aromatic N) is 4. The first kappa shape index (κ1) is 54.9. The highest BCUT2D eigenvalue weighted by atomic mass is 16.4. The van der Waals surface area contributed by atoms with E-state index in [4.69, 9.17) is 20.4 Å². The van der Waals surface area contributed by atoms with Crippen molar-refractivity contribution >= 4 is 111 Å². The molecule has 4 N–H and O–H groups in total. The van der Waals surface area contributed by atoms with Gasteiger partial charge >= 0.3 is 23.9 Å². The number of carboxylic acids is 4. The van der Waals surface area contributed by atoms with E-state index in [9.17, 15) is 19.2 Å². The third kappa shape index (κ3) is 10.2. The number of fused-ring (bicyclic) bond motifs is 12. The van der Waals surface area contributed by atoms with Crippen LogP contribution >= 0.6 is 0 Å². The average molecular weight is 1150 g/mol. The van der Waals surface area contributed by atoms with Gasteiger partial charge in [-0.3, -0.25) is 0 Å². The van der Waals surface area contributed by atoms with Crippen molar-refractivity contribution in [2.75, 3.05) is 0 Å². The maximum absolute atomic E-state index is 11.0. The van der Waals surface area contributed by atoms with E-state index in [1.807, 2.05) is 146 Å². The maximum Gasteiger partial charge on any atom is 0.335 e. The number of aromatic nitrogens is 4. The second-order valence-electron chi connectivity index (χ2n) is 20.9. The van der Waals surface area contributed by atoms with Crippen LogP contribution in [0.4, 0.5) is 0 Å². The van der Waals surface area contributed by atoms with Crippen LogP contribution < -0.4 is 0 Å². The molecule has 0 saturated heterocycles. The molecule has 0 unspecified atom stereocenters. The summed E-state index contributed by atoms with van der Waals surface area (Å²) in [5.41, 5.74) is 14.0. The predicted molar refractivity (Wildman–Crippen MR) is 351 cm³/mol. The number of hydrogen-bond acceptors (Lipinski definition) is 4. The van der Waals surface area contributed by atoms with Crippen molar-refractivity contribution in [3.05, 3.63) is 313 Å². The van der Waals surface area contributed by atoms with Crippen LogP contribution in [0.25, 0.3) is 110 Å². The zero-order chi connectivity index (χ0) is 60.4. The van der Waals surface area contributed by atoms with Gasteiger partial charge in [-0.2, -0.15) is 0 Å². The monoisotopic (exact) mass is 1150 g/mol. The summed E-state index contributed by atoms with van der Waals surface area (Å²) in [6.45, 7) is 0. The first-order valence-corrected chi connectivity index (χ1v) is 28.3. The minimum atomic E-state index is -0.909. The van der Waals surface area contributed by atoms with Gasteiger partial charge in [-0.1, -0.05) is 146 Å². The molecule has 88 heavy (non-hydrogen) atoms. The Morgan fingerprint density at radius 3 is 0.432 bits per heavy atom. The Labute approximate surface area is 502 Å². The van der Waals surface area contributed by atoms with Gasteiger partial charge in [0.15, 0.2) is 0 Å². The Kier molecular flexibility index (Phi) is 14.6. The van der Waals surface area contributed by atoms with Crippen LogP contribution in [0.1, 0.15) is 41.4 Å². The zero-order valence-corrected chi connectivity index (χ0v) is 46.9. The zero-order valence-electron chi connectivity index (χ0n) is 46.9. The summed E-state index contributed by atoms with van der Waals surface area (Å²) >= 11 is 0. The molecule has 12 heteroatoms. The van der Waals surface area contributed by atoms with E-state index < -0.39 is 23.9 Å². The Hall–Kier alpha value is -12.3. The lowest BCUT2D eigenvalue weighted by atomic mass is 10.2. The fourth-order valence-electron chi connectivity index (χ4n) is 11.8. The van der Waals surface area contributed by atoms with Gasteiger partial charge < -0.3 is 38.7 Å². The second kappa shape index (κ2) is 23.4. The van der Waals surface area contributed by atoms with E-state index >= 15 is 0 Å². The largest absolute Gasteiger partial charge is 0.478 e. The number of para-hydroxylation sites is 8. The average Bonchev–Trinajstić information content (AvgIpc) is 2.25. The van der Waals surface area contributed by atoms with Gasteiger partial charge in [0.1, 0.15) is 0 Å². The van der Waals surface area contributed by atoms with Crippen LogP contribution in [-0.2, 0) is 0 Å². The molecule has 0 aliphatic carbocycles. The smallest absolute Gasteiger partial charge is 0.335 e. The molecule has 12 nitrogen and oxygen atoms in total. The van der Waals surface area contributed by atoms with Gasteiger partial charge in [-0.05, 0) is 146 Å². The summed E-state index contributed by atoms with van der Waals surface area (Å²) < 4.78 is 8.65. The summed E-state index contributed by atoms with van der Waals surface area (Å²) in [7, 11) is 0. The Bertz CT molecular complexity index is 4440. The van der Waals surface area contributed by atoms with Crippen LogP contribution in [0.2, 0.25) is 0 Å². The minimum absolute atomic E-state index is 0.296. The van der Waals surface area contributed by atoms with Gasteiger partial charge in [-0.25, -0.2) is 19.2 Å². The number of benzene rings is 12. The van der Waals surface area contributed by atoms with Crippen molar-refractivity contribution in [3.63, 3.8) is 0 Å². The highest BCUT2D eigenvalue weighted by Gasteiger charge is 2.17. The van der Waals surface area contributed by atoms with Gasteiger partial charge in [0.25, 0.3) is 0 Å². The third-order valence-corrected chi connectivity index (χ3v) is 15.8. The molecule has 0 saturated carbocycles. The van der Waals surface area contributed by atoms with E-state index in [-0.39, 0.29) is 0 Å². The van der Waals surface area contributed by atoms with Crippen molar-refractivity contribution < 1.29 is 39.6 Å². The molecule has 0 bridgehead atoms. The molecule has 4 heterocycles. The Balaban J connectivity index is 0.000000108. The molecule has 0 spiro atoms. The van der Waals surface area contributed by atoms with E-state index in [1.165, 1.54) is 43.1 Å². The van der Waals surface area contributed by atoms with Gasteiger partial charge in [0, 0.05) is 65.8 Å². The molecule has 0 fully saturated rings. The molecule has 0 radical (unpaired) electrons. The van der Waals surface area contributed by atoms with Crippen LogP contribution in [-0.4, -0.2) is 62.6 Å². The summed E-state index contributed by atoms with van der Waals surface area (Å²) in [5, 5.41) is 45.7. The van der Waals surface area contributed by atoms with Gasteiger partial charge in [0.05, 0.1) is 66.4 Å². The molecule has 0 atom stereocenters. The van der Waals surface area contributed by atoms with Crippen LogP contribution in [0.5, 0.6) is 0 Å². The van der Waals surface area contributed by atoms with Crippen LogP contribution in [0, 0.1) is 0 Å². The summed E-state index contributed by atoms with van der Waals surface area (Å²) in [6, 6.07) is 93.9. The molecule has 0 aliphatic rings. The van der Waals surface area contributed by atoms with Crippen molar-refractivity contribution in [1.82, 2.24) is 18.3 Å². The van der Waals surface area contributed by atoms with E-state index in [0.29, 0.717) is 22.3 Å².